The SMILES string of the molecule is O=S(=O)(Nc1cccc(CNCCOc2cccc3c2OCCO3)c1)c1cccc(C(F)(F)F)c1. The maximum atomic E-state index is 12.9. The molecule has 0 radical (unpaired) electrons. The summed E-state index contributed by atoms with van der Waals surface area (Å²) >= 11 is 0. The second kappa shape index (κ2) is 10.4. The van der Waals surface area contributed by atoms with Crippen LogP contribution in [0.15, 0.2) is 71.6 Å². The Morgan fingerprint density at radius 1 is 0.943 bits per heavy atom. The van der Waals surface area contributed by atoms with Crippen LogP contribution < -0.4 is 24.2 Å². The first-order valence-corrected chi connectivity index (χ1v) is 12.2. The monoisotopic (exact) mass is 508 g/mol. The molecule has 0 aromatic heterocycles. The fourth-order valence-corrected chi connectivity index (χ4v) is 4.52. The van der Waals surface area contributed by atoms with Crippen molar-refractivity contribution >= 4 is 15.7 Å². The first kappa shape index (κ1) is 24.7. The Kier molecular flexibility index (Phi) is 7.37. The van der Waals surface area contributed by atoms with Crippen molar-refractivity contribution in [3.63, 3.8) is 0 Å². The summed E-state index contributed by atoms with van der Waals surface area (Å²) in [5.41, 5.74) is -0.00950. The Morgan fingerprint density at radius 2 is 1.71 bits per heavy atom. The van der Waals surface area contributed by atoms with Crippen LogP contribution in [0.4, 0.5) is 18.9 Å². The van der Waals surface area contributed by atoms with E-state index in [1.54, 1.807) is 24.3 Å². The number of hydrogen-bond donors (Lipinski definition) is 2. The van der Waals surface area contributed by atoms with Gasteiger partial charge in [0.15, 0.2) is 11.5 Å². The number of hydrogen-bond acceptors (Lipinski definition) is 6. The standard InChI is InChI=1S/C24H23F3N2O5S/c25-24(26,27)18-5-2-7-20(15-18)35(30,31)29-19-6-1-4-17(14-19)16-28-10-11-32-21-8-3-9-22-23(21)34-13-12-33-22/h1-9,14-15,28-29H,10-13,16H2. The Balaban J connectivity index is 1.31. The van der Waals surface area contributed by atoms with E-state index in [0.717, 1.165) is 23.8 Å². The fraction of sp³-hybridized carbons (Fsp3) is 0.250. The van der Waals surface area contributed by atoms with Crippen molar-refractivity contribution in [2.75, 3.05) is 31.1 Å². The first-order valence-electron chi connectivity index (χ1n) is 10.7. The summed E-state index contributed by atoms with van der Waals surface area (Å²) in [4.78, 5) is -0.467. The van der Waals surface area contributed by atoms with Crippen LogP contribution in [0.25, 0.3) is 0 Å². The van der Waals surface area contributed by atoms with Gasteiger partial charge in [0.05, 0.1) is 10.5 Å². The number of rotatable bonds is 9. The number of halogens is 3. The number of sulfonamides is 1. The summed E-state index contributed by atoms with van der Waals surface area (Å²) in [6, 6.07) is 15.6. The van der Waals surface area contributed by atoms with Crippen LogP contribution in [-0.4, -0.2) is 34.8 Å². The molecule has 0 aliphatic carbocycles. The zero-order valence-corrected chi connectivity index (χ0v) is 19.3. The summed E-state index contributed by atoms with van der Waals surface area (Å²) in [5, 5.41) is 3.20. The molecule has 0 unspecified atom stereocenters. The van der Waals surface area contributed by atoms with E-state index in [-0.39, 0.29) is 5.69 Å². The highest BCUT2D eigenvalue weighted by atomic mass is 32.2. The molecular weight excluding hydrogens is 485 g/mol. The van der Waals surface area contributed by atoms with Gasteiger partial charge in [0.2, 0.25) is 5.75 Å². The number of anilines is 1. The molecule has 1 aliphatic rings. The molecule has 3 aromatic rings. The zero-order chi connectivity index (χ0) is 24.9. The summed E-state index contributed by atoms with van der Waals surface area (Å²) in [7, 11) is -4.19. The van der Waals surface area contributed by atoms with Crippen LogP contribution in [0.5, 0.6) is 17.2 Å². The summed E-state index contributed by atoms with van der Waals surface area (Å²) in [6.45, 7) is 2.24. The van der Waals surface area contributed by atoms with E-state index in [1.165, 1.54) is 6.07 Å². The van der Waals surface area contributed by atoms with Gasteiger partial charge >= 0.3 is 6.18 Å². The van der Waals surface area contributed by atoms with Crippen LogP contribution in [0.1, 0.15) is 11.1 Å². The molecule has 4 rings (SSSR count). The minimum Gasteiger partial charge on any atom is -0.488 e. The Hall–Kier alpha value is -3.44. The van der Waals surface area contributed by atoms with Gasteiger partial charge in [0, 0.05) is 18.8 Å². The third-order valence-electron chi connectivity index (χ3n) is 5.05. The normalized spacial score (nSPS) is 13.3. The Bertz CT molecular complexity index is 1280. The number of ether oxygens (including phenoxy) is 3. The van der Waals surface area contributed by atoms with Crippen LogP contribution in [0.3, 0.4) is 0 Å². The van der Waals surface area contributed by atoms with Crippen molar-refractivity contribution in [1.29, 1.82) is 0 Å². The fourth-order valence-electron chi connectivity index (χ4n) is 3.42. The molecule has 0 amide bonds. The van der Waals surface area contributed by atoms with Gasteiger partial charge in [0.1, 0.15) is 19.8 Å². The molecule has 0 saturated heterocycles. The number of benzene rings is 3. The van der Waals surface area contributed by atoms with Gasteiger partial charge in [-0.15, -0.1) is 0 Å². The van der Waals surface area contributed by atoms with Gasteiger partial charge in [-0.1, -0.05) is 24.3 Å². The molecular formula is C24H23F3N2O5S. The highest BCUT2D eigenvalue weighted by molar-refractivity contribution is 7.92. The third kappa shape index (κ3) is 6.37. The van der Waals surface area contributed by atoms with Crippen molar-refractivity contribution in [3.05, 3.63) is 77.9 Å². The van der Waals surface area contributed by atoms with Crippen molar-refractivity contribution in [3.8, 4) is 17.2 Å². The van der Waals surface area contributed by atoms with E-state index in [0.29, 0.717) is 56.2 Å². The lowest BCUT2D eigenvalue weighted by molar-refractivity contribution is -0.137. The zero-order valence-electron chi connectivity index (χ0n) is 18.5. The number of para-hydroxylation sites is 1. The number of nitrogens with one attached hydrogen (secondary N) is 2. The third-order valence-corrected chi connectivity index (χ3v) is 6.43. The average molecular weight is 509 g/mol. The molecule has 0 fully saturated rings. The van der Waals surface area contributed by atoms with Gasteiger partial charge in [-0.05, 0) is 48.0 Å². The van der Waals surface area contributed by atoms with Gasteiger partial charge in [0.25, 0.3) is 10.0 Å². The van der Waals surface area contributed by atoms with E-state index < -0.39 is 26.7 Å². The van der Waals surface area contributed by atoms with Crippen LogP contribution in [-0.2, 0) is 22.7 Å². The lowest BCUT2D eigenvalue weighted by atomic mass is 10.2. The summed E-state index contributed by atoms with van der Waals surface area (Å²) < 4.78 is 83.2. The first-order chi connectivity index (χ1) is 16.7. The van der Waals surface area contributed by atoms with E-state index in [9.17, 15) is 21.6 Å². The molecule has 3 aromatic carbocycles. The Morgan fingerprint density at radius 3 is 2.54 bits per heavy atom. The number of fused-ring (bicyclic) bond motifs is 1. The molecule has 1 heterocycles. The van der Waals surface area contributed by atoms with Gasteiger partial charge < -0.3 is 19.5 Å². The highest BCUT2D eigenvalue weighted by Crippen LogP contribution is 2.38. The maximum Gasteiger partial charge on any atom is 0.416 e. The molecule has 35 heavy (non-hydrogen) atoms. The lowest BCUT2D eigenvalue weighted by Crippen LogP contribution is -2.21. The summed E-state index contributed by atoms with van der Waals surface area (Å²) in [5.74, 6) is 1.82. The van der Waals surface area contributed by atoms with Crippen LogP contribution >= 0.6 is 0 Å². The minimum absolute atomic E-state index is 0.242. The lowest BCUT2D eigenvalue weighted by Gasteiger charge is -2.20. The van der Waals surface area contributed by atoms with Gasteiger partial charge in [-0.25, -0.2) is 8.42 Å². The minimum atomic E-state index is -4.64. The molecule has 2 N–H and O–H groups in total. The van der Waals surface area contributed by atoms with Gasteiger partial charge in [-0.2, -0.15) is 13.2 Å². The van der Waals surface area contributed by atoms with Crippen molar-refractivity contribution in [2.45, 2.75) is 17.6 Å². The second-order valence-electron chi connectivity index (χ2n) is 7.64. The van der Waals surface area contributed by atoms with Crippen LogP contribution in [0.2, 0.25) is 0 Å². The Labute approximate surface area is 200 Å². The molecule has 0 saturated carbocycles. The second-order valence-corrected chi connectivity index (χ2v) is 9.32. The van der Waals surface area contributed by atoms with Crippen LogP contribution in [0, 0.1) is 0 Å². The summed E-state index contributed by atoms with van der Waals surface area (Å²) in [6.07, 6.45) is -4.64. The number of alkyl halides is 3. The average Bonchev–Trinajstić information content (AvgIpc) is 2.83. The maximum absolute atomic E-state index is 12.9. The molecule has 0 bridgehead atoms. The molecule has 0 atom stereocenters. The van der Waals surface area contributed by atoms with E-state index in [1.807, 2.05) is 12.1 Å². The predicted molar refractivity (Wildman–Crippen MR) is 123 cm³/mol. The van der Waals surface area contributed by atoms with Crippen molar-refractivity contribution < 1.29 is 35.8 Å². The van der Waals surface area contributed by atoms with E-state index >= 15 is 0 Å². The highest BCUT2D eigenvalue weighted by Gasteiger charge is 2.31. The van der Waals surface area contributed by atoms with E-state index in [4.69, 9.17) is 14.2 Å². The van der Waals surface area contributed by atoms with Crippen molar-refractivity contribution in [2.24, 2.45) is 0 Å². The molecule has 11 heteroatoms. The largest absolute Gasteiger partial charge is 0.488 e. The molecule has 1 aliphatic heterocycles. The van der Waals surface area contributed by atoms with E-state index in [2.05, 4.69) is 10.0 Å². The quantitative estimate of drug-likeness (QED) is 0.416. The predicted octanol–water partition coefficient (Wildman–Crippen LogP) is 4.45. The molecule has 186 valence electrons. The van der Waals surface area contributed by atoms with Gasteiger partial charge in [-0.3, -0.25) is 4.72 Å². The smallest absolute Gasteiger partial charge is 0.416 e. The molecule has 0 spiro atoms. The topological polar surface area (TPSA) is 85.9 Å². The molecule has 7 nitrogen and oxygen atoms in total. The van der Waals surface area contributed by atoms with Crippen molar-refractivity contribution in [1.82, 2.24) is 5.32 Å².